The first-order valence-corrected chi connectivity index (χ1v) is 9.99. The van der Waals surface area contributed by atoms with E-state index in [0.29, 0.717) is 29.4 Å². The zero-order chi connectivity index (χ0) is 21.3. The predicted octanol–water partition coefficient (Wildman–Crippen LogP) is 5.16. The summed E-state index contributed by atoms with van der Waals surface area (Å²) in [4.78, 5) is 12.8. The molecule has 0 radical (unpaired) electrons. The smallest absolute Gasteiger partial charge is 0.251 e. The minimum atomic E-state index is -0.145. The third-order valence-electron chi connectivity index (χ3n) is 4.72. The number of carbonyl (C=O) groups is 1. The predicted molar refractivity (Wildman–Crippen MR) is 117 cm³/mol. The lowest BCUT2D eigenvalue weighted by molar-refractivity contribution is 0.0939. The molecule has 30 heavy (non-hydrogen) atoms. The standard InChI is InChI=1S/C25H27NO4/c1-4-29-22-15-14-20(25(27)26-18(2)19-10-6-5-7-11-19)16-21(22)17-30-24-13-9-8-12-23(24)28-3/h5-16,18H,4,17H2,1-3H3,(H,26,27)/t18-/m1/s1. The molecule has 0 aliphatic heterocycles. The van der Waals surface area contributed by atoms with Crippen molar-refractivity contribution in [2.45, 2.75) is 26.5 Å². The summed E-state index contributed by atoms with van der Waals surface area (Å²) in [7, 11) is 1.60. The zero-order valence-electron chi connectivity index (χ0n) is 17.6. The molecule has 3 rings (SSSR count). The van der Waals surface area contributed by atoms with E-state index in [1.165, 1.54) is 0 Å². The molecule has 0 saturated heterocycles. The van der Waals surface area contributed by atoms with Gasteiger partial charge in [0.25, 0.3) is 5.91 Å². The van der Waals surface area contributed by atoms with Crippen LogP contribution in [0.5, 0.6) is 17.2 Å². The highest BCUT2D eigenvalue weighted by atomic mass is 16.5. The van der Waals surface area contributed by atoms with Gasteiger partial charge >= 0.3 is 0 Å². The Morgan fingerprint density at radius 1 is 0.900 bits per heavy atom. The molecule has 0 aliphatic rings. The van der Waals surface area contributed by atoms with E-state index < -0.39 is 0 Å². The Kier molecular flexibility index (Phi) is 7.33. The van der Waals surface area contributed by atoms with Crippen molar-refractivity contribution in [3.63, 3.8) is 0 Å². The topological polar surface area (TPSA) is 56.8 Å². The first-order chi connectivity index (χ1) is 14.6. The van der Waals surface area contributed by atoms with Gasteiger partial charge in [-0.25, -0.2) is 0 Å². The van der Waals surface area contributed by atoms with Crippen LogP contribution < -0.4 is 19.5 Å². The maximum atomic E-state index is 12.8. The Morgan fingerprint density at radius 3 is 2.30 bits per heavy atom. The van der Waals surface area contributed by atoms with Gasteiger partial charge < -0.3 is 19.5 Å². The van der Waals surface area contributed by atoms with Gasteiger partial charge in [-0.15, -0.1) is 0 Å². The van der Waals surface area contributed by atoms with E-state index in [4.69, 9.17) is 14.2 Å². The van der Waals surface area contributed by atoms with Crippen molar-refractivity contribution in [3.8, 4) is 17.2 Å². The number of nitrogens with one attached hydrogen (secondary N) is 1. The summed E-state index contributed by atoms with van der Waals surface area (Å²) >= 11 is 0. The summed E-state index contributed by atoms with van der Waals surface area (Å²) in [5.74, 6) is 1.84. The highest BCUT2D eigenvalue weighted by molar-refractivity contribution is 5.94. The van der Waals surface area contributed by atoms with Gasteiger partial charge in [-0.1, -0.05) is 42.5 Å². The number of methoxy groups -OCH3 is 1. The van der Waals surface area contributed by atoms with Crippen LogP contribution in [0.1, 0.15) is 41.4 Å². The van der Waals surface area contributed by atoms with E-state index in [1.54, 1.807) is 13.2 Å². The minimum absolute atomic E-state index is 0.0986. The fourth-order valence-corrected chi connectivity index (χ4v) is 3.13. The molecule has 0 unspecified atom stereocenters. The maximum absolute atomic E-state index is 12.8. The lowest BCUT2D eigenvalue weighted by Crippen LogP contribution is -2.26. The first kappa shape index (κ1) is 21.2. The number of amides is 1. The largest absolute Gasteiger partial charge is 0.493 e. The van der Waals surface area contributed by atoms with E-state index >= 15 is 0 Å². The van der Waals surface area contributed by atoms with Crippen LogP contribution in [0, 0.1) is 0 Å². The fraction of sp³-hybridized carbons (Fsp3) is 0.240. The Balaban J connectivity index is 1.77. The van der Waals surface area contributed by atoms with Crippen molar-refractivity contribution >= 4 is 5.91 Å². The molecule has 0 fully saturated rings. The lowest BCUT2D eigenvalue weighted by atomic mass is 10.1. The molecule has 3 aromatic carbocycles. The molecule has 0 heterocycles. The number of para-hydroxylation sites is 2. The van der Waals surface area contributed by atoms with E-state index in [9.17, 15) is 4.79 Å². The van der Waals surface area contributed by atoms with Crippen molar-refractivity contribution in [3.05, 3.63) is 89.5 Å². The second-order valence-corrected chi connectivity index (χ2v) is 6.80. The van der Waals surface area contributed by atoms with Crippen LogP contribution in [0.2, 0.25) is 0 Å². The fourth-order valence-electron chi connectivity index (χ4n) is 3.13. The van der Waals surface area contributed by atoms with Crippen LogP contribution in [0.3, 0.4) is 0 Å². The van der Waals surface area contributed by atoms with Gasteiger partial charge in [0, 0.05) is 11.1 Å². The molecule has 5 nitrogen and oxygen atoms in total. The van der Waals surface area contributed by atoms with Crippen molar-refractivity contribution in [1.29, 1.82) is 0 Å². The summed E-state index contributed by atoms with van der Waals surface area (Å²) in [6.45, 7) is 4.67. The third-order valence-corrected chi connectivity index (χ3v) is 4.72. The normalized spacial score (nSPS) is 11.4. The summed E-state index contributed by atoms with van der Waals surface area (Å²) < 4.78 is 17.0. The molecular weight excluding hydrogens is 378 g/mol. The van der Waals surface area contributed by atoms with Crippen molar-refractivity contribution in [2.24, 2.45) is 0 Å². The molecule has 1 atom stereocenters. The quantitative estimate of drug-likeness (QED) is 0.534. The minimum Gasteiger partial charge on any atom is -0.493 e. The van der Waals surface area contributed by atoms with Gasteiger partial charge in [-0.05, 0) is 49.7 Å². The SMILES string of the molecule is CCOc1ccc(C(=O)N[C@H](C)c2ccccc2)cc1COc1ccccc1OC. The third kappa shape index (κ3) is 5.32. The second-order valence-electron chi connectivity index (χ2n) is 6.80. The van der Waals surface area contributed by atoms with Crippen LogP contribution in [-0.4, -0.2) is 19.6 Å². The average molecular weight is 405 g/mol. The monoisotopic (exact) mass is 405 g/mol. The van der Waals surface area contributed by atoms with Crippen molar-refractivity contribution in [2.75, 3.05) is 13.7 Å². The Hall–Kier alpha value is -3.47. The Bertz CT molecular complexity index is 972. The summed E-state index contributed by atoms with van der Waals surface area (Å²) in [6.07, 6.45) is 0. The lowest BCUT2D eigenvalue weighted by Gasteiger charge is -2.17. The van der Waals surface area contributed by atoms with Crippen molar-refractivity contribution in [1.82, 2.24) is 5.32 Å². The number of rotatable bonds is 9. The van der Waals surface area contributed by atoms with E-state index in [1.807, 2.05) is 80.6 Å². The highest BCUT2D eigenvalue weighted by Crippen LogP contribution is 2.29. The van der Waals surface area contributed by atoms with Crippen LogP contribution in [0.4, 0.5) is 0 Å². The molecule has 0 saturated carbocycles. The number of ether oxygens (including phenoxy) is 3. The molecule has 5 heteroatoms. The molecule has 156 valence electrons. The van der Waals surface area contributed by atoms with Crippen LogP contribution in [0.25, 0.3) is 0 Å². The van der Waals surface area contributed by atoms with E-state index in [-0.39, 0.29) is 18.6 Å². The summed E-state index contributed by atoms with van der Waals surface area (Å²) in [5, 5.41) is 3.04. The average Bonchev–Trinajstić information content (AvgIpc) is 2.79. The number of hydrogen-bond donors (Lipinski definition) is 1. The van der Waals surface area contributed by atoms with Gasteiger partial charge in [-0.3, -0.25) is 4.79 Å². The van der Waals surface area contributed by atoms with Crippen molar-refractivity contribution < 1.29 is 19.0 Å². The van der Waals surface area contributed by atoms with Crippen LogP contribution in [-0.2, 0) is 6.61 Å². The summed E-state index contributed by atoms with van der Waals surface area (Å²) in [6, 6.07) is 22.6. The maximum Gasteiger partial charge on any atom is 0.251 e. The van der Waals surface area contributed by atoms with Gasteiger partial charge in [0.2, 0.25) is 0 Å². The second kappa shape index (κ2) is 10.3. The molecular formula is C25H27NO4. The first-order valence-electron chi connectivity index (χ1n) is 9.99. The van der Waals surface area contributed by atoms with Gasteiger partial charge in [-0.2, -0.15) is 0 Å². The van der Waals surface area contributed by atoms with E-state index in [2.05, 4.69) is 5.32 Å². The van der Waals surface area contributed by atoms with Crippen LogP contribution >= 0.6 is 0 Å². The van der Waals surface area contributed by atoms with Gasteiger partial charge in [0.05, 0.1) is 19.8 Å². The molecule has 1 amide bonds. The molecule has 0 bridgehead atoms. The number of carbonyl (C=O) groups excluding carboxylic acids is 1. The highest BCUT2D eigenvalue weighted by Gasteiger charge is 2.15. The van der Waals surface area contributed by atoms with E-state index in [0.717, 1.165) is 11.1 Å². The molecule has 0 aromatic heterocycles. The zero-order valence-corrected chi connectivity index (χ0v) is 17.6. The molecule has 3 aromatic rings. The Labute approximate surface area is 177 Å². The summed E-state index contributed by atoms with van der Waals surface area (Å²) in [5.41, 5.74) is 2.40. The van der Waals surface area contributed by atoms with Crippen LogP contribution in [0.15, 0.2) is 72.8 Å². The van der Waals surface area contributed by atoms with Gasteiger partial charge in [0.1, 0.15) is 12.4 Å². The van der Waals surface area contributed by atoms with Gasteiger partial charge in [0.15, 0.2) is 11.5 Å². The molecule has 0 spiro atoms. The number of benzene rings is 3. The number of hydrogen-bond acceptors (Lipinski definition) is 4. The molecule has 0 aliphatic carbocycles. The molecule has 1 N–H and O–H groups in total. The Morgan fingerprint density at radius 2 is 1.60 bits per heavy atom.